The van der Waals surface area contributed by atoms with Crippen LogP contribution in [0.2, 0.25) is 0 Å². The molecule has 144 valence electrons. The van der Waals surface area contributed by atoms with Gasteiger partial charge in [-0.1, -0.05) is 30.3 Å². The summed E-state index contributed by atoms with van der Waals surface area (Å²) in [7, 11) is 0. The number of piperidine rings is 1. The molecule has 0 atom stereocenters. The van der Waals surface area contributed by atoms with Gasteiger partial charge in [0.1, 0.15) is 0 Å². The van der Waals surface area contributed by atoms with Gasteiger partial charge >= 0.3 is 0 Å². The zero-order chi connectivity index (χ0) is 19.7. The Labute approximate surface area is 166 Å². The summed E-state index contributed by atoms with van der Waals surface area (Å²) < 4.78 is 0. The van der Waals surface area contributed by atoms with Crippen LogP contribution in [0.4, 0.5) is 11.6 Å². The number of nitrogens with zero attached hydrogens (tertiary/aromatic N) is 3. The van der Waals surface area contributed by atoms with E-state index in [0.29, 0.717) is 0 Å². The fraction of sp³-hybridized carbons (Fsp3) is 0.304. The molecule has 0 saturated carbocycles. The highest BCUT2D eigenvalue weighted by Gasteiger charge is 2.20. The maximum atomic E-state index is 6.06. The summed E-state index contributed by atoms with van der Waals surface area (Å²) in [5, 5.41) is 0. The molecule has 2 aromatic carbocycles. The van der Waals surface area contributed by atoms with Gasteiger partial charge in [-0.15, -0.1) is 0 Å². The number of benzene rings is 2. The van der Waals surface area contributed by atoms with Gasteiger partial charge in [0.2, 0.25) is 5.95 Å². The second-order valence-electron chi connectivity index (χ2n) is 7.68. The lowest BCUT2D eigenvalue weighted by atomic mass is 9.97. The third-order valence-corrected chi connectivity index (χ3v) is 5.60. The average Bonchev–Trinajstić information content (AvgIpc) is 2.71. The Balaban J connectivity index is 1.80. The molecule has 1 aromatic heterocycles. The maximum absolute atomic E-state index is 6.06. The van der Waals surface area contributed by atoms with Crippen LogP contribution in [-0.4, -0.2) is 29.1 Å². The fourth-order valence-electron chi connectivity index (χ4n) is 3.61. The van der Waals surface area contributed by atoms with Crippen molar-refractivity contribution in [3.63, 3.8) is 0 Å². The maximum Gasteiger partial charge on any atom is 0.225 e. The lowest BCUT2D eigenvalue weighted by Crippen LogP contribution is -2.40. The van der Waals surface area contributed by atoms with E-state index in [1.807, 2.05) is 30.5 Å². The molecule has 1 saturated heterocycles. The van der Waals surface area contributed by atoms with E-state index in [4.69, 9.17) is 21.4 Å². The number of rotatable bonds is 3. The Morgan fingerprint density at radius 3 is 2.29 bits per heavy atom. The zero-order valence-corrected chi connectivity index (χ0v) is 16.5. The van der Waals surface area contributed by atoms with E-state index < -0.39 is 0 Å². The Kier molecular flexibility index (Phi) is 5.01. The molecule has 5 nitrogen and oxygen atoms in total. The third-order valence-electron chi connectivity index (χ3n) is 5.60. The molecule has 1 aliphatic heterocycles. The van der Waals surface area contributed by atoms with Gasteiger partial charge in [-0.3, -0.25) is 0 Å². The summed E-state index contributed by atoms with van der Waals surface area (Å²) in [4.78, 5) is 11.9. The molecule has 3 aromatic rings. The smallest absolute Gasteiger partial charge is 0.225 e. The molecule has 5 heteroatoms. The normalized spacial score (nSPS) is 15.0. The minimum Gasteiger partial charge on any atom is -0.399 e. The van der Waals surface area contributed by atoms with Gasteiger partial charge < -0.3 is 16.4 Å². The van der Waals surface area contributed by atoms with Crippen molar-refractivity contribution in [2.75, 3.05) is 23.7 Å². The molecule has 4 rings (SSSR count). The van der Waals surface area contributed by atoms with E-state index in [-0.39, 0.29) is 6.04 Å². The minimum atomic E-state index is 0.280. The molecule has 2 heterocycles. The molecule has 0 bridgehead atoms. The van der Waals surface area contributed by atoms with Crippen LogP contribution < -0.4 is 16.4 Å². The Bertz CT molecular complexity index is 973. The molecule has 0 amide bonds. The fourth-order valence-corrected chi connectivity index (χ4v) is 3.61. The van der Waals surface area contributed by atoms with Crippen LogP contribution in [0.1, 0.15) is 24.0 Å². The highest BCUT2D eigenvalue weighted by Crippen LogP contribution is 2.33. The molecule has 28 heavy (non-hydrogen) atoms. The molecule has 0 radical (unpaired) electrons. The van der Waals surface area contributed by atoms with Crippen molar-refractivity contribution >= 4 is 11.6 Å². The second kappa shape index (κ2) is 7.60. The molecule has 4 N–H and O–H groups in total. The summed E-state index contributed by atoms with van der Waals surface area (Å²) >= 11 is 0. The van der Waals surface area contributed by atoms with Crippen molar-refractivity contribution in [1.29, 1.82) is 0 Å². The topological polar surface area (TPSA) is 81.1 Å². The van der Waals surface area contributed by atoms with Gasteiger partial charge in [-0.05, 0) is 55.5 Å². The Morgan fingerprint density at radius 1 is 0.929 bits per heavy atom. The van der Waals surface area contributed by atoms with Gasteiger partial charge in [0.15, 0.2) is 0 Å². The first-order chi connectivity index (χ1) is 13.5. The number of hydrogen-bond donors (Lipinski definition) is 2. The van der Waals surface area contributed by atoms with Gasteiger partial charge in [-0.25, -0.2) is 9.97 Å². The number of aryl methyl sites for hydroxylation is 2. The lowest BCUT2D eigenvalue weighted by Gasteiger charge is -2.30. The zero-order valence-electron chi connectivity index (χ0n) is 16.5. The standard InChI is InChI=1S/C23H27N5/c1-15-3-4-18(13-16(15)2)21-14-26-23(28-11-9-20(25)10-12-28)27-22(21)17-5-7-19(24)8-6-17/h3-8,13-14,20H,9-12,24-25H2,1-2H3. The summed E-state index contributed by atoms with van der Waals surface area (Å²) in [6, 6.07) is 14.7. The average molecular weight is 374 g/mol. The largest absolute Gasteiger partial charge is 0.399 e. The summed E-state index contributed by atoms with van der Waals surface area (Å²) in [5.74, 6) is 0.770. The first-order valence-corrected chi connectivity index (χ1v) is 9.82. The Hall–Kier alpha value is -2.92. The predicted octanol–water partition coefficient (Wildman–Crippen LogP) is 3.94. The van der Waals surface area contributed by atoms with Crippen molar-refractivity contribution in [2.45, 2.75) is 32.7 Å². The molecule has 1 aliphatic rings. The van der Waals surface area contributed by atoms with Crippen molar-refractivity contribution in [1.82, 2.24) is 9.97 Å². The van der Waals surface area contributed by atoms with E-state index in [2.05, 4.69) is 36.9 Å². The first-order valence-electron chi connectivity index (χ1n) is 9.82. The van der Waals surface area contributed by atoms with Crippen molar-refractivity contribution in [2.24, 2.45) is 5.73 Å². The SMILES string of the molecule is Cc1ccc(-c2cnc(N3CCC(N)CC3)nc2-c2ccc(N)cc2)cc1C. The number of hydrogen-bond acceptors (Lipinski definition) is 5. The van der Waals surface area contributed by atoms with Crippen LogP contribution in [0.15, 0.2) is 48.7 Å². The summed E-state index contributed by atoms with van der Waals surface area (Å²) in [6.45, 7) is 6.05. The Morgan fingerprint density at radius 2 is 1.61 bits per heavy atom. The molecular weight excluding hydrogens is 346 g/mol. The van der Waals surface area contributed by atoms with Gasteiger partial charge in [0, 0.05) is 42.1 Å². The van der Waals surface area contributed by atoms with E-state index in [9.17, 15) is 0 Å². The number of nitrogens with two attached hydrogens (primary N) is 2. The minimum absolute atomic E-state index is 0.280. The van der Waals surface area contributed by atoms with Crippen LogP contribution in [0.5, 0.6) is 0 Å². The monoisotopic (exact) mass is 373 g/mol. The lowest BCUT2D eigenvalue weighted by molar-refractivity contribution is 0.495. The third kappa shape index (κ3) is 3.71. The molecular formula is C23H27N5. The van der Waals surface area contributed by atoms with Crippen molar-refractivity contribution < 1.29 is 0 Å². The highest BCUT2D eigenvalue weighted by atomic mass is 15.3. The molecule has 0 aliphatic carbocycles. The quantitative estimate of drug-likeness (QED) is 0.680. The predicted molar refractivity (Wildman–Crippen MR) is 116 cm³/mol. The van der Waals surface area contributed by atoms with E-state index in [1.54, 1.807) is 0 Å². The molecule has 1 fully saturated rings. The van der Waals surface area contributed by atoms with Crippen LogP contribution in [-0.2, 0) is 0 Å². The van der Waals surface area contributed by atoms with Crippen molar-refractivity contribution in [3.8, 4) is 22.4 Å². The number of nitrogen functional groups attached to an aromatic ring is 1. The van der Waals surface area contributed by atoms with E-state index in [0.717, 1.165) is 60.0 Å². The molecule has 0 spiro atoms. The van der Waals surface area contributed by atoms with Crippen LogP contribution in [0, 0.1) is 13.8 Å². The van der Waals surface area contributed by atoms with Crippen molar-refractivity contribution in [3.05, 3.63) is 59.8 Å². The number of anilines is 2. The van der Waals surface area contributed by atoms with Crippen LogP contribution >= 0.6 is 0 Å². The molecule has 0 unspecified atom stereocenters. The first kappa shape index (κ1) is 18.4. The van der Waals surface area contributed by atoms with Gasteiger partial charge in [0.25, 0.3) is 0 Å². The van der Waals surface area contributed by atoms with Crippen LogP contribution in [0.25, 0.3) is 22.4 Å². The summed E-state index contributed by atoms with van der Waals surface area (Å²) in [6.07, 6.45) is 3.89. The van der Waals surface area contributed by atoms with E-state index >= 15 is 0 Å². The van der Waals surface area contributed by atoms with Gasteiger partial charge in [-0.2, -0.15) is 0 Å². The number of aromatic nitrogens is 2. The second-order valence-corrected chi connectivity index (χ2v) is 7.68. The highest BCUT2D eigenvalue weighted by molar-refractivity contribution is 5.81. The van der Waals surface area contributed by atoms with E-state index in [1.165, 1.54) is 11.1 Å². The van der Waals surface area contributed by atoms with Gasteiger partial charge in [0.05, 0.1) is 5.69 Å². The summed E-state index contributed by atoms with van der Waals surface area (Å²) in [5.41, 5.74) is 19.4. The van der Waals surface area contributed by atoms with Crippen LogP contribution in [0.3, 0.4) is 0 Å².